The molecule has 0 N–H and O–H groups in total. The van der Waals surface area contributed by atoms with E-state index in [4.69, 9.17) is 11.6 Å². The van der Waals surface area contributed by atoms with E-state index in [2.05, 4.69) is 0 Å². The van der Waals surface area contributed by atoms with Crippen molar-refractivity contribution < 1.29 is 9.36 Å². The highest BCUT2D eigenvalue weighted by Crippen LogP contribution is 2.59. The molecule has 0 spiro atoms. The van der Waals surface area contributed by atoms with Gasteiger partial charge in [0, 0.05) is 26.2 Å². The summed E-state index contributed by atoms with van der Waals surface area (Å²) >= 11 is 6.12. The molecule has 0 aromatic heterocycles. The Morgan fingerprint density at radius 1 is 0.889 bits per heavy atom. The van der Waals surface area contributed by atoms with E-state index in [1.807, 2.05) is 9.34 Å². The lowest BCUT2D eigenvalue weighted by Crippen LogP contribution is -2.40. The van der Waals surface area contributed by atoms with E-state index in [0.29, 0.717) is 6.29 Å². The van der Waals surface area contributed by atoms with Crippen LogP contribution in [0, 0.1) is 0 Å². The molecule has 0 radical (unpaired) electrons. The van der Waals surface area contributed by atoms with E-state index in [9.17, 15) is 9.36 Å². The van der Waals surface area contributed by atoms with Crippen LogP contribution in [0.15, 0.2) is 0 Å². The molecule has 0 aromatic carbocycles. The van der Waals surface area contributed by atoms with Crippen LogP contribution in [0.5, 0.6) is 0 Å². The number of aldehydes is 1. The summed E-state index contributed by atoms with van der Waals surface area (Å²) in [5, 5.41) is -0.881. The molecule has 6 heteroatoms. The SMILES string of the molecule is O=C[C@H](Cl)P(=O)(N1CCCCC1)N1CCCCC1. The zero-order chi connectivity index (χ0) is 13.0. The fraction of sp³-hybridized carbons (Fsp3) is 0.917. The molecule has 18 heavy (non-hydrogen) atoms. The van der Waals surface area contributed by atoms with E-state index in [0.717, 1.165) is 51.9 Å². The number of carbonyl (C=O) groups is 1. The highest BCUT2D eigenvalue weighted by molar-refractivity contribution is 7.62. The number of carbonyl (C=O) groups excluding carboxylic acids is 1. The first-order chi connectivity index (χ1) is 8.69. The van der Waals surface area contributed by atoms with Crippen molar-refractivity contribution in [3.8, 4) is 0 Å². The lowest BCUT2D eigenvalue weighted by atomic mass is 10.2. The summed E-state index contributed by atoms with van der Waals surface area (Å²) in [7, 11) is -2.90. The second-order valence-electron chi connectivity index (χ2n) is 5.13. The molecule has 2 heterocycles. The topological polar surface area (TPSA) is 40.6 Å². The second kappa shape index (κ2) is 6.51. The fourth-order valence-corrected chi connectivity index (χ4v) is 6.49. The number of nitrogens with zero attached hydrogens (tertiary/aromatic N) is 2. The predicted octanol–water partition coefficient (Wildman–Crippen LogP) is 2.92. The molecule has 0 amide bonds. The van der Waals surface area contributed by atoms with Crippen molar-refractivity contribution in [2.75, 3.05) is 26.2 Å². The standard InChI is InChI=1S/C12H22ClN2O2P/c13-12(11-16)18(17,14-7-3-1-4-8-14)15-9-5-2-6-10-15/h11-12H,1-10H2/t12-/m1/s1. The summed E-state index contributed by atoms with van der Waals surface area (Å²) in [4.78, 5) is 11.1. The normalized spacial score (nSPS) is 25.8. The smallest absolute Gasteiger partial charge is 0.241 e. The summed E-state index contributed by atoms with van der Waals surface area (Å²) in [6.07, 6.45) is 7.25. The van der Waals surface area contributed by atoms with Crippen molar-refractivity contribution in [1.29, 1.82) is 0 Å². The van der Waals surface area contributed by atoms with Gasteiger partial charge in [0.25, 0.3) is 0 Å². The summed E-state index contributed by atoms with van der Waals surface area (Å²) < 4.78 is 17.3. The molecule has 0 aliphatic carbocycles. The Kier molecular flexibility index (Phi) is 5.25. The van der Waals surface area contributed by atoms with Crippen LogP contribution in [0.25, 0.3) is 0 Å². The second-order valence-corrected chi connectivity index (χ2v) is 8.77. The Morgan fingerprint density at radius 2 is 1.28 bits per heavy atom. The Hall–Kier alpha value is 0.110. The van der Waals surface area contributed by atoms with Crippen LogP contribution in [0.3, 0.4) is 0 Å². The minimum atomic E-state index is -2.90. The van der Waals surface area contributed by atoms with Gasteiger partial charge in [0.2, 0.25) is 7.44 Å². The summed E-state index contributed by atoms with van der Waals surface area (Å²) in [5.74, 6) is 0. The maximum Gasteiger partial charge on any atom is 0.241 e. The molecule has 0 bridgehead atoms. The van der Waals surface area contributed by atoms with E-state index >= 15 is 0 Å². The molecule has 1 atom stereocenters. The van der Waals surface area contributed by atoms with Gasteiger partial charge in [-0.25, -0.2) is 9.34 Å². The molecule has 0 unspecified atom stereocenters. The Morgan fingerprint density at radius 3 is 1.61 bits per heavy atom. The predicted molar refractivity (Wildman–Crippen MR) is 74.2 cm³/mol. The first-order valence-corrected chi connectivity index (χ1v) is 9.01. The monoisotopic (exact) mass is 292 g/mol. The Labute approximate surface area is 114 Å². The number of halogens is 1. The molecule has 2 aliphatic heterocycles. The third-order valence-electron chi connectivity index (χ3n) is 3.91. The maximum atomic E-state index is 13.3. The van der Waals surface area contributed by atoms with E-state index in [-0.39, 0.29) is 0 Å². The van der Waals surface area contributed by atoms with Gasteiger partial charge in [-0.15, -0.1) is 11.6 Å². The average molecular weight is 293 g/mol. The molecule has 2 aliphatic rings. The minimum Gasteiger partial charge on any atom is -0.301 e. The third-order valence-corrected chi connectivity index (χ3v) is 7.96. The molecule has 2 rings (SSSR count). The Balaban J connectivity index is 2.20. The van der Waals surface area contributed by atoms with Gasteiger partial charge < -0.3 is 4.79 Å². The number of piperidine rings is 2. The van der Waals surface area contributed by atoms with Crippen LogP contribution in [0.1, 0.15) is 38.5 Å². The molecule has 2 fully saturated rings. The maximum absolute atomic E-state index is 13.3. The van der Waals surface area contributed by atoms with Crippen LogP contribution in [0.4, 0.5) is 0 Å². The lowest BCUT2D eigenvalue weighted by molar-refractivity contribution is -0.106. The first kappa shape index (κ1) is 14.5. The van der Waals surface area contributed by atoms with Crippen molar-refractivity contribution in [3.05, 3.63) is 0 Å². The highest BCUT2D eigenvalue weighted by atomic mass is 35.5. The summed E-state index contributed by atoms with van der Waals surface area (Å²) in [6.45, 7) is 3.24. The van der Waals surface area contributed by atoms with Crippen LogP contribution >= 0.6 is 19.0 Å². The molecule has 104 valence electrons. The van der Waals surface area contributed by atoms with E-state index in [1.165, 1.54) is 12.8 Å². The number of hydrogen-bond donors (Lipinski definition) is 0. The van der Waals surface area contributed by atoms with Gasteiger partial charge in [0.1, 0.15) is 6.29 Å². The molecular formula is C12H22ClN2O2P. The van der Waals surface area contributed by atoms with Gasteiger partial charge in [-0.3, -0.25) is 4.57 Å². The molecule has 4 nitrogen and oxygen atoms in total. The average Bonchev–Trinajstić information content (AvgIpc) is 2.47. The van der Waals surface area contributed by atoms with Gasteiger partial charge in [-0.1, -0.05) is 12.8 Å². The van der Waals surface area contributed by atoms with Gasteiger partial charge in [-0.05, 0) is 25.7 Å². The Bertz CT molecular complexity index is 306. The zero-order valence-electron chi connectivity index (χ0n) is 10.8. The van der Waals surface area contributed by atoms with Crippen LogP contribution in [0.2, 0.25) is 0 Å². The number of alkyl halides is 1. The van der Waals surface area contributed by atoms with E-state index < -0.39 is 12.6 Å². The van der Waals surface area contributed by atoms with Gasteiger partial charge in [0.05, 0.1) is 0 Å². The van der Waals surface area contributed by atoms with E-state index in [1.54, 1.807) is 0 Å². The van der Waals surface area contributed by atoms with Crippen molar-refractivity contribution in [2.24, 2.45) is 0 Å². The molecule has 0 aromatic rings. The molecule has 2 saturated heterocycles. The van der Waals surface area contributed by atoms with Crippen LogP contribution in [-0.2, 0) is 9.36 Å². The quantitative estimate of drug-likeness (QED) is 0.454. The number of hydrogen-bond acceptors (Lipinski definition) is 2. The largest absolute Gasteiger partial charge is 0.301 e. The van der Waals surface area contributed by atoms with Crippen LogP contribution < -0.4 is 0 Å². The van der Waals surface area contributed by atoms with Gasteiger partial charge in [-0.2, -0.15) is 0 Å². The van der Waals surface area contributed by atoms with Gasteiger partial charge >= 0.3 is 0 Å². The minimum absolute atomic E-state index is 0.658. The number of rotatable bonds is 4. The van der Waals surface area contributed by atoms with Crippen molar-refractivity contribution in [3.63, 3.8) is 0 Å². The summed E-state index contributed by atoms with van der Waals surface area (Å²) in [5.41, 5.74) is 0. The van der Waals surface area contributed by atoms with Crippen molar-refractivity contribution >= 4 is 25.3 Å². The zero-order valence-corrected chi connectivity index (χ0v) is 12.4. The lowest BCUT2D eigenvalue weighted by Gasteiger charge is -2.43. The van der Waals surface area contributed by atoms with Gasteiger partial charge in [0.15, 0.2) is 5.12 Å². The summed E-state index contributed by atoms with van der Waals surface area (Å²) in [6, 6.07) is 0. The fourth-order valence-electron chi connectivity index (χ4n) is 2.90. The van der Waals surface area contributed by atoms with Crippen molar-refractivity contribution in [2.45, 2.75) is 43.6 Å². The van der Waals surface area contributed by atoms with Crippen LogP contribution in [-0.4, -0.2) is 46.9 Å². The third kappa shape index (κ3) is 2.82. The first-order valence-electron chi connectivity index (χ1n) is 6.89. The van der Waals surface area contributed by atoms with Crippen molar-refractivity contribution in [1.82, 2.24) is 9.34 Å². The molecule has 0 saturated carbocycles. The molecular weight excluding hydrogens is 271 g/mol. The highest BCUT2D eigenvalue weighted by Gasteiger charge is 2.44.